The number of unbranched alkanes of at least 4 members (excludes halogenated alkanes) is 2. The molecule has 1 aromatic rings. The van der Waals surface area contributed by atoms with E-state index >= 15 is 0 Å². The molecule has 3 heterocycles. The highest BCUT2D eigenvalue weighted by atomic mass is 16.3. The Morgan fingerprint density at radius 1 is 0.935 bits per heavy atom. The Morgan fingerprint density at radius 2 is 1.67 bits per heavy atom. The minimum absolute atomic E-state index is 0.196. The number of piperazine rings is 1. The molecule has 1 fully saturated rings. The van der Waals surface area contributed by atoms with Crippen LogP contribution in [0.1, 0.15) is 52.0 Å². The number of nitrogens with zero attached hydrogens (tertiary/aromatic N) is 6. The van der Waals surface area contributed by atoms with Crippen LogP contribution in [0, 0.1) is 11.3 Å². The fourth-order valence-corrected chi connectivity index (χ4v) is 6.47. The Hall–Kier alpha value is -4.49. The number of fused-ring (bicyclic) bond motifs is 2. The zero-order valence-electron chi connectivity index (χ0n) is 27.3. The van der Waals surface area contributed by atoms with Gasteiger partial charge in [0.1, 0.15) is 30.5 Å². The van der Waals surface area contributed by atoms with Crippen molar-refractivity contribution in [3.63, 3.8) is 0 Å². The van der Waals surface area contributed by atoms with Gasteiger partial charge in [-0.15, -0.1) is 0 Å². The second-order valence-corrected chi connectivity index (χ2v) is 11.9. The van der Waals surface area contributed by atoms with Crippen molar-refractivity contribution < 1.29 is 18.8 Å². The summed E-state index contributed by atoms with van der Waals surface area (Å²) < 4.78 is 8.72. The van der Waals surface area contributed by atoms with E-state index in [-0.39, 0.29) is 17.7 Å². The number of anilines is 1. The van der Waals surface area contributed by atoms with Crippen molar-refractivity contribution in [2.45, 2.75) is 46.5 Å². The minimum atomic E-state index is -0.249. The van der Waals surface area contributed by atoms with Crippen molar-refractivity contribution in [2.24, 2.45) is 0 Å². The summed E-state index contributed by atoms with van der Waals surface area (Å²) in [5, 5.41) is 11.9. The van der Waals surface area contributed by atoms with Gasteiger partial charge in [0.15, 0.2) is 0 Å². The number of hydrogen-bond donors (Lipinski definition) is 0. The first-order valence-electron chi connectivity index (χ1n) is 16.6. The second-order valence-electron chi connectivity index (χ2n) is 11.9. The van der Waals surface area contributed by atoms with Gasteiger partial charge in [0, 0.05) is 106 Å². The summed E-state index contributed by atoms with van der Waals surface area (Å²) in [6.45, 7) is 13.8. The second kappa shape index (κ2) is 15.2. The molecule has 0 aromatic heterocycles. The number of carbonyl (C=O) groups excluding carboxylic acids is 3. The molecule has 0 atom stereocenters. The number of rotatable bonds is 13. The third kappa shape index (κ3) is 7.31. The molecule has 0 N–H and O–H groups in total. The van der Waals surface area contributed by atoms with Gasteiger partial charge in [-0.25, -0.2) is 4.58 Å². The zero-order chi connectivity index (χ0) is 32.6. The first-order chi connectivity index (χ1) is 22.4. The summed E-state index contributed by atoms with van der Waals surface area (Å²) in [4.78, 5) is 44.0. The van der Waals surface area contributed by atoms with E-state index in [0.717, 1.165) is 80.5 Å². The summed E-state index contributed by atoms with van der Waals surface area (Å²) in [5.41, 5.74) is 3.25. The molecule has 0 radical (unpaired) electrons. The van der Waals surface area contributed by atoms with Crippen LogP contribution in [0.4, 0.5) is 5.69 Å². The zero-order valence-corrected chi connectivity index (χ0v) is 27.3. The maximum Gasteiger partial charge on any atom is 0.253 e. The fraction of sp³-hybridized carbons (Fsp3) is 0.472. The van der Waals surface area contributed by atoms with Crippen LogP contribution in [-0.2, 0) is 14.4 Å². The molecule has 4 aliphatic rings. The number of amides is 3. The molecule has 3 amide bonds. The van der Waals surface area contributed by atoms with Gasteiger partial charge in [0.05, 0.1) is 11.6 Å². The molecule has 5 rings (SSSR count). The average molecular weight is 626 g/mol. The van der Waals surface area contributed by atoms with Gasteiger partial charge in [-0.3, -0.25) is 24.2 Å². The van der Waals surface area contributed by atoms with Crippen LogP contribution in [0.3, 0.4) is 0 Å². The number of carbonyl (C=O) groups is 3. The lowest BCUT2D eigenvalue weighted by Crippen LogP contribution is -2.50. The number of benzene rings is 2. The van der Waals surface area contributed by atoms with Crippen LogP contribution in [0.25, 0.3) is 22.3 Å². The lowest BCUT2D eigenvalue weighted by atomic mass is 10.00. The van der Waals surface area contributed by atoms with Gasteiger partial charge in [0.25, 0.3) is 11.8 Å². The van der Waals surface area contributed by atoms with Crippen molar-refractivity contribution in [3.8, 4) is 17.4 Å². The quantitative estimate of drug-likeness (QED) is 0.124. The first-order valence-corrected chi connectivity index (χ1v) is 16.6. The molecule has 10 heteroatoms. The Bertz CT molecular complexity index is 1670. The summed E-state index contributed by atoms with van der Waals surface area (Å²) >= 11 is 0. The lowest BCUT2D eigenvalue weighted by Gasteiger charge is -2.35. The Kier molecular flexibility index (Phi) is 10.9. The van der Waals surface area contributed by atoms with Crippen molar-refractivity contribution in [2.75, 3.05) is 70.3 Å². The van der Waals surface area contributed by atoms with Crippen LogP contribution < -0.4 is 14.8 Å². The minimum Gasteiger partial charge on any atom is -0.456 e. The standard InChI is InChI=1S/C36H45N6O4/c1-4-39(5-2)27-11-13-29-31(26-37)30-14-12-28(25-33(30)46-32(29)24-27)40(6-3)17-9-7-8-10-34(43)41-21-18-38(19-22-41)20-23-42-35(44)15-16-36(42)45/h11-16,24-25H,4-10,17-23H2,1-3H3/q+1. The van der Waals surface area contributed by atoms with Crippen molar-refractivity contribution in [1.82, 2.24) is 19.3 Å². The summed E-state index contributed by atoms with van der Waals surface area (Å²) in [6.07, 6.45) is 5.96. The SMILES string of the molecule is CCN(CC)c1ccc2c(C#N)c3ccc(=[N+](CC)CCCCCC(=O)N4CCN(CCN5C(=O)C=CC5=O)CC4)cc-3oc2c1. The van der Waals surface area contributed by atoms with E-state index in [1.807, 2.05) is 29.2 Å². The molecule has 1 aromatic carbocycles. The van der Waals surface area contributed by atoms with Crippen LogP contribution in [-0.4, -0.2) is 97.9 Å². The van der Waals surface area contributed by atoms with E-state index in [1.165, 1.54) is 17.1 Å². The van der Waals surface area contributed by atoms with Crippen molar-refractivity contribution >= 4 is 34.4 Å². The highest BCUT2D eigenvalue weighted by molar-refractivity contribution is 6.12. The lowest BCUT2D eigenvalue weighted by molar-refractivity contribution is -0.137. The van der Waals surface area contributed by atoms with E-state index in [9.17, 15) is 19.6 Å². The average Bonchev–Trinajstić information content (AvgIpc) is 3.40. The Morgan fingerprint density at radius 3 is 2.35 bits per heavy atom. The van der Waals surface area contributed by atoms with E-state index in [2.05, 4.69) is 53.3 Å². The molecule has 242 valence electrons. The monoisotopic (exact) mass is 625 g/mol. The molecular weight excluding hydrogens is 580 g/mol. The third-order valence-corrected chi connectivity index (χ3v) is 9.26. The van der Waals surface area contributed by atoms with Crippen LogP contribution in [0.2, 0.25) is 0 Å². The summed E-state index contributed by atoms with van der Waals surface area (Å²) in [7, 11) is 0. The van der Waals surface area contributed by atoms with Gasteiger partial charge >= 0.3 is 0 Å². The predicted octanol–water partition coefficient (Wildman–Crippen LogP) is 3.68. The van der Waals surface area contributed by atoms with E-state index < -0.39 is 0 Å². The van der Waals surface area contributed by atoms with Crippen LogP contribution in [0.5, 0.6) is 0 Å². The topological polar surface area (TPSA) is 104 Å². The maximum absolute atomic E-state index is 12.9. The fourth-order valence-electron chi connectivity index (χ4n) is 6.47. The molecule has 1 aliphatic carbocycles. The predicted molar refractivity (Wildman–Crippen MR) is 179 cm³/mol. The first kappa shape index (κ1) is 32.9. The third-order valence-electron chi connectivity index (χ3n) is 9.26. The highest BCUT2D eigenvalue weighted by Gasteiger charge is 2.26. The van der Waals surface area contributed by atoms with Crippen molar-refractivity contribution in [1.29, 1.82) is 5.26 Å². The number of imide groups is 1. The summed E-state index contributed by atoms with van der Waals surface area (Å²) in [6, 6.07) is 14.6. The molecule has 0 spiro atoms. The van der Waals surface area contributed by atoms with Crippen molar-refractivity contribution in [3.05, 3.63) is 59.5 Å². The molecule has 1 saturated heterocycles. The van der Waals surface area contributed by atoms with E-state index in [1.54, 1.807) is 0 Å². The highest BCUT2D eigenvalue weighted by Crippen LogP contribution is 2.34. The van der Waals surface area contributed by atoms with Gasteiger partial charge in [-0.2, -0.15) is 5.26 Å². The molecule has 46 heavy (non-hydrogen) atoms. The van der Waals surface area contributed by atoms with Gasteiger partial charge in [-0.05, 0) is 51.8 Å². The van der Waals surface area contributed by atoms with Crippen LogP contribution in [0.15, 0.2) is 53.0 Å². The Labute approximate surface area is 271 Å². The molecule has 0 unspecified atom stereocenters. The van der Waals surface area contributed by atoms with Crippen LogP contribution >= 0.6 is 0 Å². The normalized spacial score (nSPS) is 16.0. The maximum atomic E-state index is 12.9. The number of hydrogen-bond acceptors (Lipinski definition) is 7. The molecule has 3 aliphatic heterocycles. The number of nitriles is 1. The largest absolute Gasteiger partial charge is 0.456 e. The molecular formula is C36H45N6O4+. The van der Waals surface area contributed by atoms with Gasteiger partial charge in [-0.1, -0.05) is 0 Å². The summed E-state index contributed by atoms with van der Waals surface area (Å²) in [5.74, 6) is 0.404. The molecule has 0 saturated carbocycles. The molecule has 10 nitrogen and oxygen atoms in total. The van der Waals surface area contributed by atoms with E-state index in [0.29, 0.717) is 49.5 Å². The smallest absolute Gasteiger partial charge is 0.253 e. The van der Waals surface area contributed by atoms with Gasteiger partial charge in [0.2, 0.25) is 11.3 Å². The molecule has 0 bridgehead atoms. The van der Waals surface area contributed by atoms with Gasteiger partial charge < -0.3 is 14.2 Å². The van der Waals surface area contributed by atoms with E-state index in [4.69, 9.17) is 4.42 Å². The Balaban J connectivity index is 1.14.